The Morgan fingerprint density at radius 2 is 1.78 bits per heavy atom. The standard InChI is InChI=1S/C13H13N5/c1-8-12(14)16-11(10-6-4-3-5-7-10)13-15-9(2)17-18(8)13/h3-7H,14H2,1-2H3. The topological polar surface area (TPSA) is 69.1 Å². The van der Waals surface area contributed by atoms with Gasteiger partial charge >= 0.3 is 0 Å². The van der Waals surface area contributed by atoms with Crippen molar-refractivity contribution < 1.29 is 0 Å². The average molecular weight is 239 g/mol. The van der Waals surface area contributed by atoms with Crippen molar-refractivity contribution in [1.29, 1.82) is 0 Å². The van der Waals surface area contributed by atoms with Crippen molar-refractivity contribution in [2.75, 3.05) is 5.73 Å². The minimum absolute atomic E-state index is 0.478. The van der Waals surface area contributed by atoms with E-state index in [0.29, 0.717) is 11.6 Å². The zero-order valence-electron chi connectivity index (χ0n) is 10.3. The van der Waals surface area contributed by atoms with Gasteiger partial charge in [0.25, 0.3) is 0 Å². The van der Waals surface area contributed by atoms with E-state index >= 15 is 0 Å². The van der Waals surface area contributed by atoms with Gasteiger partial charge in [0.1, 0.15) is 17.3 Å². The fraction of sp³-hybridized carbons (Fsp3) is 0.154. The van der Waals surface area contributed by atoms with E-state index in [1.165, 1.54) is 0 Å². The van der Waals surface area contributed by atoms with E-state index in [2.05, 4.69) is 15.1 Å². The summed E-state index contributed by atoms with van der Waals surface area (Å²) in [5.74, 6) is 1.19. The van der Waals surface area contributed by atoms with Crippen molar-refractivity contribution in [1.82, 2.24) is 19.6 Å². The van der Waals surface area contributed by atoms with Gasteiger partial charge in [0.2, 0.25) is 0 Å². The highest BCUT2D eigenvalue weighted by Crippen LogP contribution is 2.24. The first kappa shape index (κ1) is 10.7. The van der Waals surface area contributed by atoms with E-state index in [1.54, 1.807) is 4.52 Å². The number of fused-ring (bicyclic) bond motifs is 1. The molecule has 1 aromatic carbocycles. The van der Waals surface area contributed by atoms with Gasteiger partial charge in [-0.2, -0.15) is 5.10 Å². The third-order valence-corrected chi connectivity index (χ3v) is 2.89. The second-order valence-electron chi connectivity index (χ2n) is 4.19. The van der Waals surface area contributed by atoms with Crippen LogP contribution in [0.1, 0.15) is 11.5 Å². The van der Waals surface area contributed by atoms with Crippen LogP contribution in [0.5, 0.6) is 0 Å². The molecule has 0 bridgehead atoms. The van der Waals surface area contributed by atoms with Crippen molar-refractivity contribution >= 4 is 11.5 Å². The van der Waals surface area contributed by atoms with Crippen LogP contribution in [0.15, 0.2) is 30.3 Å². The molecule has 2 aromatic heterocycles. The monoisotopic (exact) mass is 239 g/mol. The summed E-state index contributed by atoms with van der Waals surface area (Å²) in [5, 5.41) is 4.35. The molecular weight excluding hydrogens is 226 g/mol. The summed E-state index contributed by atoms with van der Waals surface area (Å²) in [7, 11) is 0. The largest absolute Gasteiger partial charge is 0.382 e. The summed E-state index contributed by atoms with van der Waals surface area (Å²) in [5.41, 5.74) is 9.24. The molecule has 0 aliphatic carbocycles. The Balaban J connectivity index is 2.39. The van der Waals surface area contributed by atoms with Gasteiger partial charge in [-0.15, -0.1) is 0 Å². The normalized spacial score (nSPS) is 11.0. The second kappa shape index (κ2) is 3.80. The number of nitrogens with two attached hydrogens (primary N) is 1. The SMILES string of the molecule is Cc1nc2c(-c3ccccc3)nc(N)c(C)n2n1. The molecule has 0 saturated carbocycles. The maximum absolute atomic E-state index is 5.93. The van der Waals surface area contributed by atoms with Crippen molar-refractivity contribution in [3.63, 3.8) is 0 Å². The lowest BCUT2D eigenvalue weighted by molar-refractivity contribution is 0.885. The van der Waals surface area contributed by atoms with Crippen LogP contribution in [-0.2, 0) is 0 Å². The molecule has 0 unspecified atom stereocenters. The Morgan fingerprint density at radius 3 is 2.50 bits per heavy atom. The van der Waals surface area contributed by atoms with E-state index in [-0.39, 0.29) is 0 Å². The van der Waals surface area contributed by atoms with Crippen LogP contribution >= 0.6 is 0 Å². The lowest BCUT2D eigenvalue weighted by Crippen LogP contribution is -2.05. The smallest absolute Gasteiger partial charge is 0.182 e. The van der Waals surface area contributed by atoms with Gasteiger partial charge < -0.3 is 5.73 Å². The van der Waals surface area contributed by atoms with Crippen molar-refractivity contribution in [3.8, 4) is 11.3 Å². The second-order valence-corrected chi connectivity index (χ2v) is 4.19. The van der Waals surface area contributed by atoms with E-state index in [4.69, 9.17) is 5.73 Å². The minimum atomic E-state index is 0.478. The molecule has 0 saturated heterocycles. The molecule has 0 aliphatic rings. The van der Waals surface area contributed by atoms with Gasteiger partial charge in [0.05, 0.1) is 5.69 Å². The van der Waals surface area contributed by atoms with Crippen LogP contribution in [0.3, 0.4) is 0 Å². The number of nitrogens with zero attached hydrogens (tertiary/aromatic N) is 4. The molecule has 0 radical (unpaired) electrons. The molecular formula is C13H13N5. The summed E-state index contributed by atoms with van der Waals surface area (Å²) in [6.45, 7) is 3.75. The molecule has 5 heteroatoms. The first-order chi connectivity index (χ1) is 8.66. The Kier molecular flexibility index (Phi) is 2.26. The molecule has 2 heterocycles. The van der Waals surface area contributed by atoms with E-state index in [9.17, 15) is 0 Å². The summed E-state index contributed by atoms with van der Waals surface area (Å²) in [6, 6.07) is 9.87. The average Bonchev–Trinajstić information content (AvgIpc) is 2.77. The predicted molar refractivity (Wildman–Crippen MR) is 70.1 cm³/mol. The Labute approximate surface area is 104 Å². The third kappa shape index (κ3) is 1.52. The van der Waals surface area contributed by atoms with Crippen LogP contribution in [0, 0.1) is 13.8 Å². The van der Waals surface area contributed by atoms with Crippen LogP contribution in [0.2, 0.25) is 0 Å². The lowest BCUT2D eigenvalue weighted by atomic mass is 10.1. The molecule has 3 rings (SSSR count). The summed E-state index contributed by atoms with van der Waals surface area (Å²) < 4.78 is 1.75. The third-order valence-electron chi connectivity index (χ3n) is 2.89. The first-order valence-corrected chi connectivity index (χ1v) is 5.71. The van der Waals surface area contributed by atoms with Gasteiger partial charge in [0.15, 0.2) is 5.65 Å². The van der Waals surface area contributed by atoms with Gasteiger partial charge in [0, 0.05) is 5.56 Å². The number of nitrogen functional groups attached to an aromatic ring is 1. The van der Waals surface area contributed by atoms with E-state index in [1.807, 2.05) is 44.2 Å². The van der Waals surface area contributed by atoms with Crippen LogP contribution < -0.4 is 5.73 Å². The highest BCUT2D eigenvalue weighted by molar-refractivity contribution is 5.75. The van der Waals surface area contributed by atoms with E-state index < -0.39 is 0 Å². The number of hydrogen-bond donors (Lipinski definition) is 1. The molecule has 2 N–H and O–H groups in total. The van der Waals surface area contributed by atoms with Crippen LogP contribution in [0.4, 0.5) is 5.82 Å². The fourth-order valence-corrected chi connectivity index (χ4v) is 1.95. The van der Waals surface area contributed by atoms with Crippen LogP contribution in [0.25, 0.3) is 16.9 Å². The molecule has 18 heavy (non-hydrogen) atoms. The molecule has 0 aliphatic heterocycles. The highest BCUT2D eigenvalue weighted by Gasteiger charge is 2.13. The number of benzene rings is 1. The van der Waals surface area contributed by atoms with Crippen molar-refractivity contribution in [2.24, 2.45) is 0 Å². The summed E-state index contributed by atoms with van der Waals surface area (Å²) in [6.07, 6.45) is 0. The molecule has 5 nitrogen and oxygen atoms in total. The Morgan fingerprint density at radius 1 is 1.06 bits per heavy atom. The number of aromatic nitrogens is 4. The minimum Gasteiger partial charge on any atom is -0.382 e. The molecule has 0 atom stereocenters. The zero-order valence-corrected chi connectivity index (χ0v) is 10.3. The maximum Gasteiger partial charge on any atom is 0.182 e. The zero-order chi connectivity index (χ0) is 12.7. The molecule has 0 fully saturated rings. The van der Waals surface area contributed by atoms with Crippen LogP contribution in [-0.4, -0.2) is 19.6 Å². The fourth-order valence-electron chi connectivity index (χ4n) is 1.95. The molecule has 90 valence electrons. The number of hydrogen-bond acceptors (Lipinski definition) is 4. The van der Waals surface area contributed by atoms with Gasteiger partial charge in [-0.1, -0.05) is 30.3 Å². The van der Waals surface area contributed by atoms with Gasteiger partial charge in [-0.3, -0.25) is 0 Å². The number of aryl methyl sites for hydroxylation is 2. The Bertz CT molecular complexity index is 715. The molecule has 0 amide bonds. The molecule has 0 spiro atoms. The number of anilines is 1. The van der Waals surface area contributed by atoms with Gasteiger partial charge in [-0.05, 0) is 13.8 Å². The van der Waals surface area contributed by atoms with E-state index in [0.717, 1.165) is 22.6 Å². The lowest BCUT2D eigenvalue weighted by Gasteiger charge is -2.07. The summed E-state index contributed by atoms with van der Waals surface area (Å²) in [4.78, 5) is 8.86. The highest BCUT2D eigenvalue weighted by atomic mass is 15.3. The predicted octanol–water partition coefficient (Wildman–Crippen LogP) is 1.99. The molecule has 3 aromatic rings. The van der Waals surface area contributed by atoms with Crippen molar-refractivity contribution in [2.45, 2.75) is 13.8 Å². The maximum atomic E-state index is 5.93. The van der Waals surface area contributed by atoms with Gasteiger partial charge in [-0.25, -0.2) is 14.5 Å². The van der Waals surface area contributed by atoms with Crippen molar-refractivity contribution in [3.05, 3.63) is 41.9 Å². The Hall–Kier alpha value is -2.43. The first-order valence-electron chi connectivity index (χ1n) is 5.71. The quantitative estimate of drug-likeness (QED) is 0.705. The number of rotatable bonds is 1. The summed E-state index contributed by atoms with van der Waals surface area (Å²) >= 11 is 0.